The molecule has 56 heavy (non-hydrogen) atoms. The summed E-state index contributed by atoms with van der Waals surface area (Å²) in [5, 5.41) is 0.708. The van der Waals surface area contributed by atoms with Gasteiger partial charge < -0.3 is 0 Å². The Labute approximate surface area is 347 Å². The van der Waals surface area contributed by atoms with Crippen molar-refractivity contribution in [1.29, 1.82) is 0 Å². The first kappa shape index (κ1) is 41.3. The van der Waals surface area contributed by atoms with Crippen molar-refractivity contribution >= 4 is 180 Å². The summed E-state index contributed by atoms with van der Waals surface area (Å²) in [5.41, 5.74) is 3.86. The molecule has 0 unspecified atom stereocenters. The van der Waals surface area contributed by atoms with E-state index in [2.05, 4.69) is 5.92 Å². The molecule has 0 saturated heterocycles. The standard InChI is InChI=1S/C40H19B14N2/c1-4-16-24(33(47)38(52)34(48)25(16)31(45)18(43)14-41)27-28-26(35(49)39(53)40(54)36(28)50)23(29(32(27)46)37(51)30(44)15(3)42)17-10-6-8-12-20(17)56-21-13-9-7-11-19(21)55-22(56)5-2/h1,6-13H,5,14H2,2-3H3/b30-15-,31-18-,37-29+. The van der Waals surface area contributed by atoms with E-state index in [1.165, 1.54) is 0 Å². The summed E-state index contributed by atoms with van der Waals surface area (Å²) in [6.07, 6.45) is 6.71. The van der Waals surface area contributed by atoms with E-state index >= 15 is 0 Å². The summed E-state index contributed by atoms with van der Waals surface area (Å²) in [5.74, 6) is 3.44. The summed E-state index contributed by atoms with van der Waals surface area (Å²) in [6.45, 7) is 3.61. The van der Waals surface area contributed by atoms with Crippen molar-refractivity contribution in [2.24, 2.45) is 0 Å². The zero-order valence-corrected chi connectivity index (χ0v) is 31.1. The van der Waals surface area contributed by atoms with Crippen LogP contribution >= 0.6 is 0 Å². The average molecular weight is 679 g/mol. The number of aromatic nitrogens is 2. The molecule has 0 amide bonds. The van der Waals surface area contributed by atoms with Gasteiger partial charge in [-0.2, -0.15) is 0 Å². The molecule has 2 nitrogen and oxygen atoms in total. The molecule has 0 fully saturated rings. The number of benzene rings is 5. The van der Waals surface area contributed by atoms with E-state index in [0.29, 0.717) is 23.2 Å². The number of imidazole rings is 1. The number of aryl methyl sites for hydroxylation is 1. The molecule has 0 N–H and O–H groups in total. The number of hydrogen-bond acceptors (Lipinski definition) is 1. The van der Waals surface area contributed by atoms with Gasteiger partial charge in [0.15, 0.2) is 0 Å². The van der Waals surface area contributed by atoms with E-state index in [4.69, 9.17) is 121 Å². The number of hydrogen-bond donors (Lipinski definition) is 0. The van der Waals surface area contributed by atoms with E-state index in [9.17, 15) is 0 Å². The van der Waals surface area contributed by atoms with Crippen LogP contribution in [-0.4, -0.2) is 119 Å². The number of allylic oxidation sites excluding steroid dienone is 3. The van der Waals surface area contributed by atoms with E-state index in [0.717, 1.165) is 16.9 Å². The van der Waals surface area contributed by atoms with Gasteiger partial charge in [0.25, 0.3) is 0 Å². The maximum absolute atomic E-state index is 7.38. The van der Waals surface area contributed by atoms with Crippen LogP contribution in [0.4, 0.5) is 0 Å². The molecule has 231 valence electrons. The van der Waals surface area contributed by atoms with Gasteiger partial charge in [-0.15, -0.1) is 0 Å². The van der Waals surface area contributed by atoms with Gasteiger partial charge in [0.1, 0.15) is 0 Å². The van der Waals surface area contributed by atoms with Crippen molar-refractivity contribution in [2.75, 3.05) is 0 Å². The Balaban J connectivity index is 2.02. The Morgan fingerprint density at radius 2 is 1.30 bits per heavy atom. The number of terminal acetylenes is 1. The fourth-order valence-electron chi connectivity index (χ4n) is 7.25. The Hall–Kier alpha value is -4.35. The number of fused-ring (bicyclic) bond motifs is 2. The Kier molecular flexibility index (Phi) is 11.7. The van der Waals surface area contributed by atoms with Crippen LogP contribution in [0.25, 0.3) is 60.7 Å². The maximum atomic E-state index is 7.38. The van der Waals surface area contributed by atoms with E-state index in [-0.39, 0.29) is 115 Å². The fraction of sp³-hybridized carbons (Fsp3) is 0.100. The Morgan fingerprint density at radius 3 is 1.89 bits per heavy atom. The molecular weight excluding hydrogens is 660 g/mol. The second kappa shape index (κ2) is 15.9. The SMILES string of the molecule is [B]C/C([B])=C(/[B])c1c([B])c([B])c([B])c(-c2c(=[B])/c(=C([B])\C([B])=C(\[B])C)c(-c3ccccc3-n3c(CC)nc4ccccc43)c3c([B])c([B])c([B])c([B])c23)c1C#C. The molecular formula is C40H19B14N2. The van der Waals surface area contributed by atoms with Crippen molar-refractivity contribution in [2.45, 2.75) is 26.6 Å². The fourth-order valence-corrected chi connectivity index (χ4v) is 7.25. The molecule has 0 aliphatic carbocycles. The normalized spacial score (nSPS) is 13.0. The first-order chi connectivity index (χ1) is 26.5. The van der Waals surface area contributed by atoms with Crippen LogP contribution in [0.2, 0.25) is 6.32 Å². The predicted octanol–water partition coefficient (Wildman–Crippen LogP) is -2.53. The Bertz CT molecular complexity index is 2900. The summed E-state index contributed by atoms with van der Waals surface area (Å²) in [4.78, 5) is 4.93. The molecule has 0 aliphatic rings. The summed E-state index contributed by atoms with van der Waals surface area (Å²) in [7, 11) is 93.2. The van der Waals surface area contributed by atoms with E-state index in [1.54, 1.807) is 6.92 Å². The van der Waals surface area contributed by atoms with Gasteiger partial charge >= 0.3 is 349 Å². The first-order valence-corrected chi connectivity index (χ1v) is 17.4. The molecule has 1 heterocycles. The van der Waals surface area contributed by atoms with Gasteiger partial charge in [-0.3, -0.25) is 0 Å². The number of para-hydroxylation sites is 3. The van der Waals surface area contributed by atoms with Crippen molar-refractivity contribution in [3.8, 4) is 40.3 Å². The summed E-state index contributed by atoms with van der Waals surface area (Å²) in [6, 6.07) is 15.3. The van der Waals surface area contributed by atoms with Crippen molar-refractivity contribution in [1.82, 2.24) is 9.55 Å². The number of nitrogens with zero attached hydrogens (tertiary/aromatic N) is 2. The molecule has 27 radical (unpaired) electrons. The third kappa shape index (κ3) is 6.39. The van der Waals surface area contributed by atoms with Crippen LogP contribution in [0.5, 0.6) is 0 Å². The van der Waals surface area contributed by atoms with Crippen molar-refractivity contribution in [3.05, 3.63) is 92.2 Å². The van der Waals surface area contributed by atoms with Crippen LogP contribution in [0.3, 0.4) is 0 Å². The molecule has 16 heteroatoms. The second-order valence-corrected chi connectivity index (χ2v) is 13.3. The van der Waals surface area contributed by atoms with Gasteiger partial charge in [0, 0.05) is 0 Å². The summed E-state index contributed by atoms with van der Waals surface area (Å²) >= 11 is 0. The van der Waals surface area contributed by atoms with Crippen LogP contribution in [-0.2, 0) is 6.42 Å². The second-order valence-electron chi connectivity index (χ2n) is 13.3. The molecule has 0 spiro atoms. The topological polar surface area (TPSA) is 17.8 Å². The Morgan fingerprint density at radius 1 is 0.732 bits per heavy atom. The predicted molar refractivity (Wildman–Crippen MR) is 251 cm³/mol. The van der Waals surface area contributed by atoms with Gasteiger partial charge in [-0.25, -0.2) is 0 Å². The minimum atomic E-state index is -0.126. The van der Waals surface area contributed by atoms with Crippen LogP contribution in [0, 0.1) is 17.5 Å². The number of rotatable bonds is 7. The molecule has 1 aromatic heterocycles. The molecule has 0 saturated carbocycles. The molecule has 6 rings (SSSR count). The van der Waals surface area contributed by atoms with Gasteiger partial charge in [0.05, 0.1) is 0 Å². The quantitative estimate of drug-likeness (QED) is 0.135. The van der Waals surface area contributed by atoms with Crippen LogP contribution in [0.1, 0.15) is 30.8 Å². The molecule has 0 aliphatic heterocycles. The van der Waals surface area contributed by atoms with Crippen LogP contribution < -0.4 is 43.5 Å². The van der Waals surface area contributed by atoms with Gasteiger partial charge in [0.2, 0.25) is 0 Å². The summed E-state index contributed by atoms with van der Waals surface area (Å²) < 4.78 is 2.05. The average Bonchev–Trinajstić information content (AvgIpc) is 3.58. The molecule has 0 atom stereocenters. The molecule has 0 bridgehead atoms. The third-order valence-electron chi connectivity index (χ3n) is 10.1. The van der Waals surface area contributed by atoms with Crippen molar-refractivity contribution < 1.29 is 0 Å². The zero-order valence-electron chi connectivity index (χ0n) is 31.1. The minimum absolute atomic E-state index is 0.000345. The van der Waals surface area contributed by atoms with E-state index < -0.39 is 0 Å². The van der Waals surface area contributed by atoms with Gasteiger partial charge in [-0.1, -0.05) is 0 Å². The van der Waals surface area contributed by atoms with Crippen LogP contribution in [0.15, 0.2) is 64.9 Å². The van der Waals surface area contributed by atoms with E-state index in [1.807, 2.05) is 60.0 Å². The third-order valence-corrected chi connectivity index (χ3v) is 10.1. The monoisotopic (exact) mass is 681 g/mol. The van der Waals surface area contributed by atoms with Gasteiger partial charge in [-0.05, 0) is 0 Å². The first-order valence-electron chi connectivity index (χ1n) is 17.4. The van der Waals surface area contributed by atoms with Crippen molar-refractivity contribution in [3.63, 3.8) is 0 Å². The molecule has 5 aromatic carbocycles. The zero-order chi connectivity index (χ0) is 41.1. The molecule has 6 aromatic rings.